The molecule has 2 nitrogen and oxygen atoms in total. The van der Waals surface area contributed by atoms with Crippen molar-refractivity contribution in [3.05, 3.63) is 11.1 Å². The van der Waals surface area contributed by atoms with Crippen LogP contribution in [0.4, 0.5) is 0 Å². The lowest BCUT2D eigenvalue weighted by Crippen LogP contribution is -2.06. The maximum Gasteiger partial charge on any atom is 0.180 e. The van der Waals surface area contributed by atoms with Crippen molar-refractivity contribution in [2.75, 3.05) is 14.2 Å². The molecule has 0 saturated heterocycles. The average Bonchev–Trinajstić information content (AvgIpc) is 2.21. The van der Waals surface area contributed by atoms with E-state index < -0.39 is 0 Å². The zero-order valence-corrected chi connectivity index (χ0v) is 7.46. The highest BCUT2D eigenvalue weighted by Crippen LogP contribution is 2.46. The predicted octanol–water partition coefficient (Wildman–Crippen LogP) is 1.86. The minimum Gasteiger partial charge on any atom is -0.487 e. The van der Waals surface area contributed by atoms with Gasteiger partial charge in [0, 0.05) is 11.1 Å². The lowest BCUT2D eigenvalue weighted by molar-refractivity contribution is 0.415. The third-order valence-electron chi connectivity index (χ3n) is 2.04. The standard InChI is InChI=1S/C8H10O2S/c1-9-7-5-3-4-6(5)8(10-2)11-7/h3-4H2,1-2H3. The fraction of sp³-hybridized carbons (Fsp3) is 0.500. The maximum absolute atomic E-state index is 5.20. The van der Waals surface area contributed by atoms with E-state index >= 15 is 0 Å². The molecule has 1 aliphatic rings. The van der Waals surface area contributed by atoms with E-state index in [1.54, 1.807) is 25.6 Å². The predicted molar refractivity (Wildman–Crippen MR) is 44.8 cm³/mol. The molecule has 0 amide bonds. The largest absolute Gasteiger partial charge is 0.487 e. The lowest BCUT2D eigenvalue weighted by Gasteiger charge is -2.14. The van der Waals surface area contributed by atoms with Crippen LogP contribution in [-0.2, 0) is 12.8 Å². The first kappa shape index (κ1) is 6.98. The normalized spacial score (nSPS) is 13.6. The van der Waals surface area contributed by atoms with E-state index in [1.807, 2.05) is 0 Å². The first-order valence-electron chi connectivity index (χ1n) is 3.59. The molecule has 60 valence electrons. The molecule has 3 heteroatoms. The molecule has 0 unspecified atom stereocenters. The Hall–Kier alpha value is -0.700. The van der Waals surface area contributed by atoms with E-state index in [0.717, 1.165) is 23.0 Å². The van der Waals surface area contributed by atoms with E-state index in [1.165, 1.54) is 11.1 Å². The molecule has 2 rings (SSSR count). The second-order valence-corrected chi connectivity index (χ2v) is 3.49. The van der Waals surface area contributed by atoms with Gasteiger partial charge in [-0.1, -0.05) is 11.3 Å². The molecule has 0 spiro atoms. The Kier molecular flexibility index (Phi) is 1.53. The number of rotatable bonds is 2. The van der Waals surface area contributed by atoms with Crippen LogP contribution in [0.25, 0.3) is 0 Å². The van der Waals surface area contributed by atoms with Gasteiger partial charge in [-0.2, -0.15) is 0 Å². The second kappa shape index (κ2) is 2.41. The molecule has 0 radical (unpaired) electrons. The number of methoxy groups -OCH3 is 2. The van der Waals surface area contributed by atoms with Crippen molar-refractivity contribution in [3.63, 3.8) is 0 Å². The molecule has 0 aromatic carbocycles. The highest BCUT2D eigenvalue weighted by Gasteiger charge is 2.26. The fourth-order valence-corrected chi connectivity index (χ4v) is 2.39. The molecule has 0 atom stereocenters. The van der Waals surface area contributed by atoms with Crippen LogP contribution in [-0.4, -0.2) is 14.2 Å². The number of ether oxygens (including phenoxy) is 2. The van der Waals surface area contributed by atoms with Gasteiger partial charge in [-0.3, -0.25) is 0 Å². The second-order valence-electron chi connectivity index (χ2n) is 2.54. The molecule has 0 saturated carbocycles. The summed E-state index contributed by atoms with van der Waals surface area (Å²) < 4.78 is 10.4. The summed E-state index contributed by atoms with van der Waals surface area (Å²) in [6, 6.07) is 0. The molecule has 1 aromatic rings. The number of fused-ring (bicyclic) bond motifs is 1. The first-order chi connectivity index (χ1) is 5.36. The lowest BCUT2D eigenvalue weighted by atomic mass is 9.93. The highest BCUT2D eigenvalue weighted by molar-refractivity contribution is 7.16. The smallest absolute Gasteiger partial charge is 0.180 e. The van der Waals surface area contributed by atoms with Gasteiger partial charge in [0.15, 0.2) is 10.1 Å². The van der Waals surface area contributed by atoms with E-state index in [0.29, 0.717) is 0 Å². The summed E-state index contributed by atoms with van der Waals surface area (Å²) in [5.74, 6) is 0. The van der Waals surface area contributed by atoms with Crippen molar-refractivity contribution in [2.45, 2.75) is 12.8 Å². The van der Waals surface area contributed by atoms with Crippen molar-refractivity contribution in [2.24, 2.45) is 0 Å². The number of thiophene rings is 1. The summed E-state index contributed by atoms with van der Waals surface area (Å²) in [5.41, 5.74) is 2.71. The molecule has 1 aliphatic carbocycles. The van der Waals surface area contributed by atoms with Crippen LogP contribution >= 0.6 is 11.3 Å². The van der Waals surface area contributed by atoms with Crippen LogP contribution in [0.2, 0.25) is 0 Å². The number of hydrogen-bond donors (Lipinski definition) is 0. The van der Waals surface area contributed by atoms with Gasteiger partial charge in [-0.15, -0.1) is 0 Å². The topological polar surface area (TPSA) is 18.5 Å². The van der Waals surface area contributed by atoms with Gasteiger partial charge in [-0.05, 0) is 12.8 Å². The summed E-state index contributed by atoms with van der Waals surface area (Å²) in [6.45, 7) is 0. The minimum atomic E-state index is 1.03. The SMILES string of the molecule is COc1sc(OC)c2c1CC2. The Morgan fingerprint density at radius 1 is 1.00 bits per heavy atom. The van der Waals surface area contributed by atoms with E-state index in [9.17, 15) is 0 Å². The fourth-order valence-electron chi connectivity index (χ4n) is 1.36. The van der Waals surface area contributed by atoms with Crippen LogP contribution in [0, 0.1) is 0 Å². The molecule has 0 N–H and O–H groups in total. The Balaban J connectivity index is 2.45. The van der Waals surface area contributed by atoms with Gasteiger partial charge in [0.1, 0.15) is 0 Å². The minimum absolute atomic E-state index is 1.03. The highest BCUT2D eigenvalue weighted by atomic mass is 32.1. The van der Waals surface area contributed by atoms with Crippen LogP contribution < -0.4 is 9.47 Å². The first-order valence-corrected chi connectivity index (χ1v) is 4.41. The van der Waals surface area contributed by atoms with Gasteiger partial charge in [0.05, 0.1) is 14.2 Å². The summed E-state index contributed by atoms with van der Waals surface area (Å²) in [7, 11) is 3.42. The van der Waals surface area contributed by atoms with Crippen molar-refractivity contribution in [3.8, 4) is 10.1 Å². The molecule has 1 heterocycles. The summed E-state index contributed by atoms with van der Waals surface area (Å²) in [5, 5.41) is 2.06. The molecular formula is C8H10O2S. The third kappa shape index (κ3) is 0.839. The van der Waals surface area contributed by atoms with E-state index in [-0.39, 0.29) is 0 Å². The molecule has 0 fully saturated rings. The zero-order chi connectivity index (χ0) is 7.84. The Morgan fingerprint density at radius 2 is 1.45 bits per heavy atom. The van der Waals surface area contributed by atoms with Gasteiger partial charge in [0.25, 0.3) is 0 Å². The molecule has 0 aliphatic heterocycles. The summed E-state index contributed by atoms with van der Waals surface area (Å²) in [4.78, 5) is 0. The molecule has 1 aromatic heterocycles. The maximum atomic E-state index is 5.20. The van der Waals surface area contributed by atoms with Crippen LogP contribution in [0.15, 0.2) is 0 Å². The van der Waals surface area contributed by atoms with Gasteiger partial charge in [-0.25, -0.2) is 0 Å². The molecule has 0 bridgehead atoms. The Bertz CT molecular complexity index is 251. The summed E-state index contributed by atoms with van der Waals surface area (Å²) >= 11 is 1.60. The Labute approximate surface area is 69.8 Å². The molecular weight excluding hydrogens is 160 g/mol. The van der Waals surface area contributed by atoms with E-state index in [4.69, 9.17) is 9.47 Å². The van der Waals surface area contributed by atoms with Gasteiger partial charge >= 0.3 is 0 Å². The van der Waals surface area contributed by atoms with Crippen molar-refractivity contribution in [1.82, 2.24) is 0 Å². The molecule has 11 heavy (non-hydrogen) atoms. The van der Waals surface area contributed by atoms with Gasteiger partial charge < -0.3 is 9.47 Å². The van der Waals surface area contributed by atoms with Crippen LogP contribution in [0.1, 0.15) is 11.1 Å². The van der Waals surface area contributed by atoms with Crippen LogP contribution in [0.5, 0.6) is 10.1 Å². The monoisotopic (exact) mass is 170 g/mol. The van der Waals surface area contributed by atoms with Gasteiger partial charge in [0.2, 0.25) is 0 Å². The number of hydrogen-bond acceptors (Lipinski definition) is 3. The summed E-state index contributed by atoms with van der Waals surface area (Å²) in [6.07, 6.45) is 2.30. The third-order valence-corrected chi connectivity index (χ3v) is 3.24. The average molecular weight is 170 g/mol. The van der Waals surface area contributed by atoms with Crippen molar-refractivity contribution < 1.29 is 9.47 Å². The van der Waals surface area contributed by atoms with Crippen LogP contribution in [0.3, 0.4) is 0 Å². The quantitative estimate of drug-likeness (QED) is 0.674. The Morgan fingerprint density at radius 3 is 1.64 bits per heavy atom. The van der Waals surface area contributed by atoms with E-state index in [2.05, 4.69) is 0 Å². The van der Waals surface area contributed by atoms with Crippen molar-refractivity contribution in [1.29, 1.82) is 0 Å². The van der Waals surface area contributed by atoms with Crippen molar-refractivity contribution >= 4 is 11.3 Å². The zero-order valence-electron chi connectivity index (χ0n) is 6.64.